The van der Waals surface area contributed by atoms with Gasteiger partial charge in [0.2, 0.25) is 0 Å². The van der Waals surface area contributed by atoms with Gasteiger partial charge in [0.15, 0.2) is 0 Å². The Hall–Kier alpha value is -1.00. The lowest BCUT2D eigenvalue weighted by atomic mass is 9.95. The predicted molar refractivity (Wildman–Crippen MR) is 73.9 cm³/mol. The largest absolute Gasteiger partial charge is 0.374 e. The van der Waals surface area contributed by atoms with Crippen molar-refractivity contribution in [3.8, 4) is 0 Å². The van der Waals surface area contributed by atoms with Gasteiger partial charge < -0.3 is 10.1 Å². The first-order chi connectivity index (χ1) is 8.91. The van der Waals surface area contributed by atoms with Crippen molar-refractivity contribution in [3.63, 3.8) is 0 Å². The first-order valence-electron chi connectivity index (χ1n) is 6.58. The smallest absolute Gasteiger partial charge is 0.261 e. The highest BCUT2D eigenvalue weighted by atomic mass is 19.3. The van der Waals surface area contributed by atoms with E-state index in [1.807, 2.05) is 0 Å². The maximum atomic E-state index is 11.9. The number of nitrogens with one attached hydrogen (secondary N) is 1. The maximum Gasteiger partial charge on any atom is 0.261 e. The number of halogens is 2. The monoisotopic (exact) mass is 271 g/mol. The molecule has 0 aromatic heterocycles. The van der Waals surface area contributed by atoms with E-state index < -0.39 is 13.0 Å². The molecule has 1 unspecified atom stereocenters. The summed E-state index contributed by atoms with van der Waals surface area (Å²) in [5.41, 5.74) is 5.04. The van der Waals surface area contributed by atoms with Crippen LogP contribution >= 0.6 is 0 Å². The molecule has 0 heterocycles. The number of hydrogen-bond acceptors (Lipinski definition) is 2. The van der Waals surface area contributed by atoms with Gasteiger partial charge in [0.25, 0.3) is 6.43 Å². The van der Waals surface area contributed by atoms with Gasteiger partial charge in [-0.05, 0) is 44.4 Å². The molecule has 108 valence electrons. The fraction of sp³-hybridized carbons (Fsp3) is 0.600. The van der Waals surface area contributed by atoms with Gasteiger partial charge in [-0.1, -0.05) is 17.7 Å². The molecular weight excluding hydrogens is 248 g/mol. The molecule has 0 aliphatic carbocycles. The highest BCUT2D eigenvalue weighted by molar-refractivity contribution is 5.39. The lowest BCUT2D eigenvalue weighted by Gasteiger charge is -2.20. The van der Waals surface area contributed by atoms with Crippen molar-refractivity contribution >= 4 is 0 Å². The summed E-state index contributed by atoms with van der Waals surface area (Å²) >= 11 is 0. The van der Waals surface area contributed by atoms with Gasteiger partial charge in [0.1, 0.15) is 6.61 Å². The fourth-order valence-electron chi connectivity index (χ4n) is 2.50. The van der Waals surface area contributed by atoms with E-state index in [-0.39, 0.29) is 6.04 Å². The molecule has 4 heteroatoms. The summed E-state index contributed by atoms with van der Waals surface area (Å²) in [7, 11) is 0. The summed E-state index contributed by atoms with van der Waals surface area (Å²) in [5, 5.41) is 3.30. The van der Waals surface area contributed by atoms with Crippen LogP contribution in [0, 0.1) is 20.8 Å². The second kappa shape index (κ2) is 7.56. The minimum Gasteiger partial charge on any atom is -0.374 e. The Labute approximate surface area is 114 Å². The Kier molecular flexibility index (Phi) is 6.38. The minimum absolute atomic E-state index is 0.191. The number of benzene rings is 1. The summed E-state index contributed by atoms with van der Waals surface area (Å²) in [6.45, 7) is 8.75. The summed E-state index contributed by atoms with van der Waals surface area (Å²) in [5.74, 6) is 0. The lowest BCUT2D eigenvalue weighted by Crippen LogP contribution is -2.25. The van der Waals surface area contributed by atoms with Crippen LogP contribution in [0.1, 0.15) is 35.2 Å². The SMILES string of the molecule is Cc1cc(C)c(C(C)NCCOCC(F)F)c(C)c1. The van der Waals surface area contributed by atoms with Crippen LogP contribution in [0.5, 0.6) is 0 Å². The third-order valence-electron chi connectivity index (χ3n) is 3.11. The minimum atomic E-state index is -2.39. The van der Waals surface area contributed by atoms with Crippen molar-refractivity contribution in [3.05, 3.63) is 34.4 Å². The van der Waals surface area contributed by atoms with Crippen molar-refractivity contribution < 1.29 is 13.5 Å². The first kappa shape index (κ1) is 16.1. The molecule has 2 nitrogen and oxygen atoms in total. The normalized spacial score (nSPS) is 13.0. The molecule has 19 heavy (non-hydrogen) atoms. The number of rotatable bonds is 7. The second-order valence-corrected chi connectivity index (χ2v) is 4.95. The van der Waals surface area contributed by atoms with Crippen molar-refractivity contribution in [2.45, 2.75) is 40.2 Å². The van der Waals surface area contributed by atoms with Gasteiger partial charge in [-0.2, -0.15) is 0 Å². The quantitative estimate of drug-likeness (QED) is 0.766. The highest BCUT2D eigenvalue weighted by Crippen LogP contribution is 2.23. The predicted octanol–water partition coefficient (Wildman–Crippen LogP) is 3.54. The highest BCUT2D eigenvalue weighted by Gasteiger charge is 2.11. The third-order valence-corrected chi connectivity index (χ3v) is 3.11. The zero-order chi connectivity index (χ0) is 14.4. The van der Waals surface area contributed by atoms with E-state index >= 15 is 0 Å². The van der Waals surface area contributed by atoms with E-state index in [1.54, 1.807) is 0 Å². The van der Waals surface area contributed by atoms with Crippen LogP contribution in [0.25, 0.3) is 0 Å². The zero-order valence-electron chi connectivity index (χ0n) is 12.1. The molecule has 0 bridgehead atoms. The summed E-state index contributed by atoms with van der Waals surface area (Å²) in [4.78, 5) is 0. The van der Waals surface area contributed by atoms with Gasteiger partial charge in [0, 0.05) is 12.6 Å². The molecule has 1 rings (SSSR count). The topological polar surface area (TPSA) is 21.3 Å². The Balaban J connectivity index is 2.48. The van der Waals surface area contributed by atoms with E-state index in [0.717, 1.165) is 0 Å². The number of alkyl halides is 2. The van der Waals surface area contributed by atoms with Crippen LogP contribution in [-0.2, 0) is 4.74 Å². The van der Waals surface area contributed by atoms with E-state index in [0.29, 0.717) is 13.2 Å². The molecule has 1 atom stereocenters. The fourth-order valence-corrected chi connectivity index (χ4v) is 2.50. The average Bonchev–Trinajstić information content (AvgIpc) is 2.26. The molecule has 1 aromatic rings. The molecule has 0 fully saturated rings. The zero-order valence-corrected chi connectivity index (χ0v) is 12.1. The molecule has 0 saturated carbocycles. The third kappa shape index (κ3) is 5.25. The molecular formula is C15H23F2NO. The van der Waals surface area contributed by atoms with E-state index in [1.165, 1.54) is 22.3 Å². The van der Waals surface area contributed by atoms with Crippen LogP contribution in [0.15, 0.2) is 12.1 Å². The van der Waals surface area contributed by atoms with Crippen LogP contribution in [0.4, 0.5) is 8.78 Å². The molecule has 0 aliphatic rings. The van der Waals surface area contributed by atoms with Gasteiger partial charge in [-0.3, -0.25) is 0 Å². The number of aryl methyl sites for hydroxylation is 3. The molecule has 0 saturated heterocycles. The van der Waals surface area contributed by atoms with Gasteiger partial charge in [0.05, 0.1) is 6.61 Å². The van der Waals surface area contributed by atoms with Crippen LogP contribution in [-0.4, -0.2) is 26.2 Å². The van der Waals surface area contributed by atoms with E-state index in [2.05, 4.69) is 45.1 Å². The van der Waals surface area contributed by atoms with E-state index in [9.17, 15) is 8.78 Å². The van der Waals surface area contributed by atoms with Crippen molar-refractivity contribution in [2.75, 3.05) is 19.8 Å². The lowest BCUT2D eigenvalue weighted by molar-refractivity contribution is 0.0183. The second-order valence-electron chi connectivity index (χ2n) is 4.95. The van der Waals surface area contributed by atoms with Gasteiger partial charge >= 0.3 is 0 Å². The summed E-state index contributed by atoms with van der Waals surface area (Å²) in [6, 6.07) is 4.51. The number of ether oxygens (including phenoxy) is 1. The Morgan fingerprint density at radius 3 is 2.26 bits per heavy atom. The molecule has 1 N–H and O–H groups in total. The van der Waals surface area contributed by atoms with Crippen molar-refractivity contribution in [1.29, 1.82) is 0 Å². The summed E-state index contributed by atoms with van der Waals surface area (Å²) < 4.78 is 28.6. The maximum absolute atomic E-state index is 11.9. The first-order valence-corrected chi connectivity index (χ1v) is 6.58. The molecule has 0 spiro atoms. The van der Waals surface area contributed by atoms with Crippen molar-refractivity contribution in [1.82, 2.24) is 5.32 Å². The Morgan fingerprint density at radius 1 is 1.16 bits per heavy atom. The van der Waals surface area contributed by atoms with Crippen molar-refractivity contribution in [2.24, 2.45) is 0 Å². The van der Waals surface area contributed by atoms with Gasteiger partial charge in [-0.15, -0.1) is 0 Å². The Bertz CT molecular complexity index is 384. The summed E-state index contributed by atoms with van der Waals surface area (Å²) in [6.07, 6.45) is -2.39. The van der Waals surface area contributed by atoms with Crippen LogP contribution < -0.4 is 5.32 Å². The number of hydrogen-bond donors (Lipinski definition) is 1. The van der Waals surface area contributed by atoms with Gasteiger partial charge in [-0.25, -0.2) is 8.78 Å². The average molecular weight is 271 g/mol. The van der Waals surface area contributed by atoms with Crippen LogP contribution in [0.3, 0.4) is 0 Å². The Morgan fingerprint density at radius 2 is 1.74 bits per heavy atom. The molecule has 0 radical (unpaired) electrons. The molecule has 0 amide bonds. The van der Waals surface area contributed by atoms with Crippen LogP contribution in [0.2, 0.25) is 0 Å². The standard InChI is InChI=1S/C15H23F2NO/c1-10-7-11(2)15(12(3)8-10)13(4)18-5-6-19-9-14(16)17/h7-8,13-14,18H,5-6,9H2,1-4H3. The molecule has 1 aromatic carbocycles. The molecule has 0 aliphatic heterocycles. The van der Waals surface area contributed by atoms with E-state index in [4.69, 9.17) is 4.74 Å².